The van der Waals surface area contributed by atoms with Gasteiger partial charge in [0.1, 0.15) is 0 Å². The van der Waals surface area contributed by atoms with Crippen molar-refractivity contribution >= 4 is 11.4 Å². The molecule has 1 saturated heterocycles. The Morgan fingerprint density at radius 1 is 1.16 bits per heavy atom. The van der Waals surface area contributed by atoms with Crippen LogP contribution in [-0.4, -0.2) is 40.9 Å². The largest absolute Gasteiger partial charge is 0.416 e. The van der Waals surface area contributed by atoms with E-state index in [1.807, 2.05) is 28.9 Å². The molecule has 25 heavy (non-hydrogen) atoms. The third-order valence-electron chi connectivity index (χ3n) is 4.48. The van der Waals surface area contributed by atoms with Crippen molar-refractivity contribution in [3.63, 3.8) is 0 Å². The van der Waals surface area contributed by atoms with Gasteiger partial charge in [-0.05, 0) is 25.1 Å². The van der Waals surface area contributed by atoms with Gasteiger partial charge in [-0.1, -0.05) is 0 Å². The average molecular weight is 353 g/mol. The number of halogens is 3. The van der Waals surface area contributed by atoms with Gasteiger partial charge in [-0.15, -0.1) is 0 Å². The summed E-state index contributed by atoms with van der Waals surface area (Å²) in [7, 11) is 0. The molecule has 3 rings (SSSR count). The van der Waals surface area contributed by atoms with Crippen LogP contribution in [0.1, 0.15) is 18.1 Å². The quantitative estimate of drug-likeness (QED) is 0.859. The van der Waals surface area contributed by atoms with Crippen molar-refractivity contribution in [3.8, 4) is 0 Å². The third kappa shape index (κ3) is 4.07. The Kier molecular flexibility index (Phi) is 4.89. The zero-order chi connectivity index (χ0) is 18.0. The lowest BCUT2D eigenvalue weighted by molar-refractivity contribution is -0.137. The number of nitrogen functional groups attached to an aromatic ring is 1. The van der Waals surface area contributed by atoms with Crippen LogP contribution in [0.5, 0.6) is 0 Å². The molecule has 1 fully saturated rings. The molecule has 8 heteroatoms. The molecule has 5 nitrogen and oxygen atoms in total. The van der Waals surface area contributed by atoms with Gasteiger partial charge in [0.05, 0.1) is 23.1 Å². The Morgan fingerprint density at radius 2 is 1.88 bits per heavy atom. The summed E-state index contributed by atoms with van der Waals surface area (Å²) in [5, 5.41) is 4.27. The molecular weight excluding hydrogens is 331 g/mol. The zero-order valence-electron chi connectivity index (χ0n) is 14.1. The molecule has 0 spiro atoms. The van der Waals surface area contributed by atoms with Crippen molar-refractivity contribution < 1.29 is 13.2 Å². The lowest BCUT2D eigenvalue weighted by Gasteiger charge is -2.36. The topological polar surface area (TPSA) is 50.3 Å². The summed E-state index contributed by atoms with van der Waals surface area (Å²) in [6.07, 6.45) is -0.446. The fourth-order valence-electron chi connectivity index (χ4n) is 3.08. The summed E-state index contributed by atoms with van der Waals surface area (Å²) in [6, 6.07) is 3.58. The lowest BCUT2D eigenvalue weighted by atomic mass is 10.1. The molecule has 2 aromatic rings. The maximum Gasteiger partial charge on any atom is 0.416 e. The second-order valence-corrected chi connectivity index (χ2v) is 6.24. The second-order valence-electron chi connectivity index (χ2n) is 6.24. The van der Waals surface area contributed by atoms with Crippen LogP contribution >= 0.6 is 0 Å². The monoisotopic (exact) mass is 353 g/mol. The molecule has 1 aromatic carbocycles. The zero-order valence-corrected chi connectivity index (χ0v) is 14.1. The first-order valence-corrected chi connectivity index (χ1v) is 8.32. The lowest BCUT2D eigenvalue weighted by Crippen LogP contribution is -2.46. The SMILES string of the molecule is CCn1cc(CN2CCN(c3ccc(C(F)(F)F)cc3N)CC2)cn1. The number of nitrogens with two attached hydrogens (primary N) is 1. The minimum absolute atomic E-state index is 0.174. The van der Waals surface area contributed by atoms with E-state index < -0.39 is 11.7 Å². The van der Waals surface area contributed by atoms with E-state index in [1.54, 1.807) is 0 Å². The summed E-state index contributed by atoms with van der Waals surface area (Å²) in [5.41, 5.74) is 7.17. The first-order valence-electron chi connectivity index (χ1n) is 8.32. The highest BCUT2D eigenvalue weighted by Gasteiger charge is 2.31. The molecule has 2 heterocycles. The predicted molar refractivity (Wildman–Crippen MR) is 91.2 cm³/mol. The van der Waals surface area contributed by atoms with Gasteiger partial charge in [0.25, 0.3) is 0 Å². The smallest absolute Gasteiger partial charge is 0.397 e. The number of benzene rings is 1. The maximum atomic E-state index is 12.7. The Bertz CT molecular complexity index is 717. The molecule has 1 aliphatic rings. The molecule has 0 unspecified atom stereocenters. The second kappa shape index (κ2) is 6.95. The van der Waals surface area contributed by atoms with E-state index in [0.717, 1.165) is 51.4 Å². The van der Waals surface area contributed by atoms with Gasteiger partial charge in [-0.25, -0.2) is 0 Å². The van der Waals surface area contributed by atoms with Gasteiger partial charge < -0.3 is 10.6 Å². The Balaban J connectivity index is 1.60. The Morgan fingerprint density at radius 3 is 2.44 bits per heavy atom. The van der Waals surface area contributed by atoms with Gasteiger partial charge in [-0.3, -0.25) is 9.58 Å². The number of hydrogen-bond acceptors (Lipinski definition) is 4. The molecule has 0 amide bonds. The van der Waals surface area contributed by atoms with Gasteiger partial charge >= 0.3 is 6.18 Å². The van der Waals surface area contributed by atoms with Gasteiger partial charge in [0, 0.05) is 51.0 Å². The number of alkyl halides is 3. The van der Waals surface area contributed by atoms with Crippen molar-refractivity contribution in [1.29, 1.82) is 0 Å². The normalized spacial score (nSPS) is 16.4. The van der Waals surface area contributed by atoms with Crippen LogP contribution in [-0.2, 0) is 19.3 Å². The Labute approximate surface area is 144 Å². The molecule has 136 valence electrons. The van der Waals surface area contributed by atoms with Crippen LogP contribution in [0.2, 0.25) is 0 Å². The number of hydrogen-bond donors (Lipinski definition) is 1. The van der Waals surface area contributed by atoms with Crippen LogP contribution in [0, 0.1) is 0 Å². The standard InChI is InChI=1S/C17H22F3N5/c1-2-25-12-13(10-22-25)11-23-5-7-24(8-6-23)16-4-3-14(9-15(16)21)17(18,19)20/h3-4,9-10,12H,2,5-8,11,21H2,1H3. The first kappa shape index (κ1) is 17.6. The number of rotatable bonds is 4. The van der Waals surface area contributed by atoms with Crippen LogP contribution in [0.25, 0.3) is 0 Å². The summed E-state index contributed by atoms with van der Waals surface area (Å²) >= 11 is 0. The predicted octanol–water partition coefficient (Wildman–Crippen LogP) is 2.83. The van der Waals surface area contributed by atoms with E-state index >= 15 is 0 Å². The number of anilines is 2. The minimum Gasteiger partial charge on any atom is -0.397 e. The van der Waals surface area contributed by atoms with E-state index in [0.29, 0.717) is 5.69 Å². The van der Waals surface area contributed by atoms with E-state index in [4.69, 9.17) is 5.73 Å². The summed E-state index contributed by atoms with van der Waals surface area (Å²) in [6.45, 7) is 6.85. The minimum atomic E-state index is -4.37. The summed E-state index contributed by atoms with van der Waals surface area (Å²) in [5.74, 6) is 0. The summed E-state index contributed by atoms with van der Waals surface area (Å²) < 4.78 is 40.1. The molecule has 0 aliphatic carbocycles. The van der Waals surface area contributed by atoms with Crippen LogP contribution in [0.4, 0.5) is 24.5 Å². The average Bonchev–Trinajstić information content (AvgIpc) is 3.02. The van der Waals surface area contributed by atoms with Crippen molar-refractivity contribution in [3.05, 3.63) is 41.7 Å². The van der Waals surface area contributed by atoms with Gasteiger partial charge in [-0.2, -0.15) is 18.3 Å². The molecule has 2 N–H and O–H groups in total. The van der Waals surface area contributed by atoms with Crippen LogP contribution < -0.4 is 10.6 Å². The molecule has 0 radical (unpaired) electrons. The fraction of sp³-hybridized carbons (Fsp3) is 0.471. The molecule has 0 atom stereocenters. The van der Waals surface area contributed by atoms with Crippen molar-refractivity contribution in [1.82, 2.24) is 14.7 Å². The van der Waals surface area contributed by atoms with E-state index in [2.05, 4.69) is 10.00 Å². The highest BCUT2D eigenvalue weighted by atomic mass is 19.4. The molecular formula is C17H22F3N5. The van der Waals surface area contributed by atoms with Crippen LogP contribution in [0.3, 0.4) is 0 Å². The van der Waals surface area contributed by atoms with Crippen LogP contribution in [0.15, 0.2) is 30.6 Å². The van der Waals surface area contributed by atoms with Crippen molar-refractivity contribution in [2.24, 2.45) is 0 Å². The molecule has 1 aliphatic heterocycles. The van der Waals surface area contributed by atoms with Crippen molar-refractivity contribution in [2.45, 2.75) is 26.2 Å². The number of aromatic nitrogens is 2. The maximum absolute atomic E-state index is 12.7. The van der Waals surface area contributed by atoms with Crippen molar-refractivity contribution in [2.75, 3.05) is 36.8 Å². The molecule has 0 bridgehead atoms. The molecule has 0 saturated carbocycles. The number of piperazine rings is 1. The number of nitrogens with zero attached hydrogens (tertiary/aromatic N) is 4. The third-order valence-corrected chi connectivity index (χ3v) is 4.48. The van der Waals surface area contributed by atoms with E-state index in [-0.39, 0.29) is 5.69 Å². The summed E-state index contributed by atoms with van der Waals surface area (Å²) in [4.78, 5) is 4.36. The number of aryl methyl sites for hydroxylation is 1. The fourth-order valence-corrected chi connectivity index (χ4v) is 3.08. The van der Waals surface area contributed by atoms with Gasteiger partial charge in [0.15, 0.2) is 0 Å². The Hall–Kier alpha value is -2.22. The van der Waals surface area contributed by atoms with E-state index in [9.17, 15) is 13.2 Å². The first-order chi connectivity index (χ1) is 11.9. The van der Waals surface area contributed by atoms with E-state index in [1.165, 1.54) is 11.6 Å². The van der Waals surface area contributed by atoms with Gasteiger partial charge in [0.2, 0.25) is 0 Å². The highest BCUT2D eigenvalue weighted by molar-refractivity contribution is 5.69. The highest BCUT2D eigenvalue weighted by Crippen LogP contribution is 2.34. The molecule has 1 aromatic heterocycles.